The third-order valence-electron chi connectivity index (χ3n) is 5.56. The lowest BCUT2D eigenvalue weighted by atomic mass is 9.85. The minimum absolute atomic E-state index is 0.651. The molecule has 20 heavy (non-hydrogen) atoms. The van der Waals surface area contributed by atoms with E-state index in [9.17, 15) is 0 Å². The second-order valence-corrected chi connectivity index (χ2v) is 6.65. The SMILES string of the molecule is CN1C[C@@H](CN)[C@@H]2Cc3cccc4c3c(cn4C)C[C@H]21. The molecular formula is C17H23N3. The fourth-order valence-electron chi connectivity index (χ4n) is 4.56. The summed E-state index contributed by atoms with van der Waals surface area (Å²) in [4.78, 5) is 2.53. The second kappa shape index (κ2) is 4.34. The molecular weight excluding hydrogens is 246 g/mol. The van der Waals surface area contributed by atoms with Crippen molar-refractivity contribution in [3.05, 3.63) is 35.5 Å². The van der Waals surface area contributed by atoms with Gasteiger partial charge in [-0.05, 0) is 55.5 Å². The van der Waals surface area contributed by atoms with E-state index in [0.717, 1.165) is 13.1 Å². The Labute approximate surface area is 120 Å². The van der Waals surface area contributed by atoms with Crippen molar-refractivity contribution in [3.8, 4) is 0 Å². The molecule has 0 spiro atoms. The number of benzene rings is 1. The van der Waals surface area contributed by atoms with Crippen LogP contribution in [0.4, 0.5) is 0 Å². The van der Waals surface area contributed by atoms with Crippen molar-refractivity contribution >= 4 is 10.9 Å². The zero-order valence-corrected chi connectivity index (χ0v) is 12.3. The topological polar surface area (TPSA) is 34.2 Å². The van der Waals surface area contributed by atoms with E-state index in [4.69, 9.17) is 5.73 Å². The molecule has 1 aliphatic carbocycles. The van der Waals surface area contributed by atoms with E-state index in [1.165, 1.54) is 34.9 Å². The summed E-state index contributed by atoms with van der Waals surface area (Å²) in [7, 11) is 4.43. The number of aryl methyl sites for hydroxylation is 1. The number of fused-ring (bicyclic) bond motifs is 1. The molecule has 3 nitrogen and oxygen atoms in total. The molecule has 0 bridgehead atoms. The largest absolute Gasteiger partial charge is 0.350 e. The van der Waals surface area contributed by atoms with Gasteiger partial charge >= 0.3 is 0 Å². The van der Waals surface area contributed by atoms with Crippen LogP contribution in [-0.2, 0) is 19.9 Å². The first-order chi connectivity index (χ1) is 9.69. The normalized spacial score (nSPS) is 29.6. The molecule has 0 radical (unpaired) electrons. The highest BCUT2D eigenvalue weighted by molar-refractivity contribution is 5.87. The molecule has 3 heteroatoms. The number of nitrogens with two attached hydrogens (primary N) is 1. The Morgan fingerprint density at radius 3 is 2.85 bits per heavy atom. The summed E-state index contributed by atoms with van der Waals surface area (Å²) in [6.07, 6.45) is 4.69. The molecule has 0 amide bonds. The van der Waals surface area contributed by atoms with Crippen molar-refractivity contribution in [2.75, 3.05) is 20.1 Å². The Bertz CT molecular complexity index is 658. The van der Waals surface area contributed by atoms with Gasteiger partial charge in [0, 0.05) is 36.7 Å². The van der Waals surface area contributed by atoms with Crippen LogP contribution in [0.3, 0.4) is 0 Å². The summed E-state index contributed by atoms with van der Waals surface area (Å²) in [6.45, 7) is 1.98. The van der Waals surface area contributed by atoms with Gasteiger partial charge < -0.3 is 15.2 Å². The molecule has 0 unspecified atom stereocenters. The lowest BCUT2D eigenvalue weighted by Gasteiger charge is -2.24. The number of hydrogen-bond donors (Lipinski definition) is 1. The second-order valence-electron chi connectivity index (χ2n) is 6.65. The first kappa shape index (κ1) is 12.4. The van der Waals surface area contributed by atoms with E-state index in [-0.39, 0.29) is 0 Å². The smallest absolute Gasteiger partial charge is 0.0483 e. The van der Waals surface area contributed by atoms with Gasteiger partial charge in [0.05, 0.1) is 0 Å². The highest BCUT2D eigenvalue weighted by atomic mass is 15.2. The molecule has 2 heterocycles. The summed E-state index contributed by atoms with van der Waals surface area (Å²) in [5.74, 6) is 1.37. The standard InChI is InChI=1S/C17H23N3/c1-19-9-12-7-16-14(13(8-18)10-20(16)2)6-11-4-3-5-15(19)17(11)12/h3-5,9,13-14,16H,6-8,10,18H2,1-2H3/t13-,14+,16-/m1/s1. The monoisotopic (exact) mass is 269 g/mol. The van der Waals surface area contributed by atoms with E-state index in [1.807, 2.05) is 0 Å². The molecule has 1 aromatic heterocycles. The Morgan fingerprint density at radius 2 is 2.05 bits per heavy atom. The predicted octanol–water partition coefficient (Wildman–Crippen LogP) is 1.78. The van der Waals surface area contributed by atoms with Gasteiger partial charge in [-0.3, -0.25) is 0 Å². The molecule has 0 saturated carbocycles. The van der Waals surface area contributed by atoms with Crippen molar-refractivity contribution < 1.29 is 0 Å². The Kier molecular flexibility index (Phi) is 2.69. The van der Waals surface area contributed by atoms with Gasteiger partial charge in [0.25, 0.3) is 0 Å². The van der Waals surface area contributed by atoms with Crippen molar-refractivity contribution in [2.24, 2.45) is 24.6 Å². The summed E-state index contributed by atoms with van der Waals surface area (Å²) < 4.78 is 2.28. The van der Waals surface area contributed by atoms with Crippen LogP contribution in [0.2, 0.25) is 0 Å². The van der Waals surface area contributed by atoms with Crippen LogP contribution in [-0.4, -0.2) is 35.6 Å². The van der Waals surface area contributed by atoms with Crippen molar-refractivity contribution in [1.82, 2.24) is 9.47 Å². The number of likely N-dealkylation sites (tertiary alicyclic amines) is 1. The summed E-state index contributed by atoms with van der Waals surface area (Å²) in [6, 6.07) is 7.42. The number of likely N-dealkylation sites (N-methyl/N-ethyl adjacent to an activating group) is 1. The molecule has 2 aromatic rings. The molecule has 1 aromatic carbocycles. The zero-order valence-electron chi connectivity index (χ0n) is 12.3. The van der Waals surface area contributed by atoms with E-state index in [0.29, 0.717) is 17.9 Å². The Balaban J connectivity index is 1.87. The Morgan fingerprint density at radius 1 is 1.20 bits per heavy atom. The molecule has 1 saturated heterocycles. The minimum Gasteiger partial charge on any atom is -0.350 e. The molecule has 4 rings (SSSR count). The maximum absolute atomic E-state index is 6.03. The third-order valence-corrected chi connectivity index (χ3v) is 5.56. The maximum Gasteiger partial charge on any atom is 0.0483 e. The van der Waals surface area contributed by atoms with Gasteiger partial charge in [-0.25, -0.2) is 0 Å². The highest BCUT2D eigenvalue weighted by Gasteiger charge is 2.41. The predicted molar refractivity (Wildman–Crippen MR) is 82.8 cm³/mol. The van der Waals surface area contributed by atoms with E-state index in [2.05, 4.69) is 48.0 Å². The highest BCUT2D eigenvalue weighted by Crippen LogP contribution is 2.39. The maximum atomic E-state index is 6.03. The van der Waals surface area contributed by atoms with Gasteiger partial charge in [-0.1, -0.05) is 12.1 Å². The quantitative estimate of drug-likeness (QED) is 0.856. The average molecular weight is 269 g/mol. The number of nitrogens with zero attached hydrogens (tertiary/aromatic N) is 2. The first-order valence-corrected chi connectivity index (χ1v) is 7.65. The molecule has 1 fully saturated rings. The third kappa shape index (κ3) is 1.60. The molecule has 2 aliphatic rings. The van der Waals surface area contributed by atoms with Crippen molar-refractivity contribution in [3.63, 3.8) is 0 Å². The van der Waals surface area contributed by atoms with Gasteiger partial charge in [0.15, 0.2) is 0 Å². The van der Waals surface area contributed by atoms with E-state index in [1.54, 1.807) is 0 Å². The van der Waals surface area contributed by atoms with Crippen LogP contribution in [0, 0.1) is 11.8 Å². The van der Waals surface area contributed by atoms with Gasteiger partial charge in [-0.2, -0.15) is 0 Å². The van der Waals surface area contributed by atoms with Gasteiger partial charge in [0.1, 0.15) is 0 Å². The fourth-order valence-corrected chi connectivity index (χ4v) is 4.56. The van der Waals surface area contributed by atoms with Crippen LogP contribution >= 0.6 is 0 Å². The molecule has 3 atom stereocenters. The van der Waals surface area contributed by atoms with Crippen LogP contribution < -0.4 is 5.73 Å². The fraction of sp³-hybridized carbons (Fsp3) is 0.529. The van der Waals surface area contributed by atoms with Crippen molar-refractivity contribution in [1.29, 1.82) is 0 Å². The minimum atomic E-state index is 0.651. The van der Waals surface area contributed by atoms with Crippen LogP contribution in [0.25, 0.3) is 10.9 Å². The summed E-state index contributed by atoms with van der Waals surface area (Å²) >= 11 is 0. The van der Waals surface area contributed by atoms with Gasteiger partial charge in [-0.15, -0.1) is 0 Å². The van der Waals surface area contributed by atoms with Gasteiger partial charge in [0.2, 0.25) is 0 Å². The zero-order chi connectivity index (χ0) is 13.9. The number of aromatic nitrogens is 1. The number of hydrogen-bond acceptors (Lipinski definition) is 2. The summed E-state index contributed by atoms with van der Waals surface area (Å²) in [5, 5.41) is 1.51. The average Bonchev–Trinajstić information content (AvgIpc) is 2.85. The first-order valence-electron chi connectivity index (χ1n) is 7.65. The molecule has 1 aliphatic heterocycles. The lowest BCUT2D eigenvalue weighted by Crippen LogP contribution is -2.32. The van der Waals surface area contributed by atoms with Crippen LogP contribution in [0.5, 0.6) is 0 Å². The van der Waals surface area contributed by atoms with E-state index < -0.39 is 0 Å². The molecule has 106 valence electrons. The lowest BCUT2D eigenvalue weighted by molar-refractivity contribution is 0.269. The van der Waals surface area contributed by atoms with Crippen molar-refractivity contribution in [2.45, 2.75) is 18.9 Å². The van der Waals surface area contributed by atoms with E-state index >= 15 is 0 Å². The summed E-state index contributed by atoms with van der Waals surface area (Å²) in [5.41, 5.74) is 10.5. The number of rotatable bonds is 1. The van der Waals surface area contributed by atoms with Crippen LogP contribution in [0.1, 0.15) is 11.1 Å². The Hall–Kier alpha value is -1.32. The van der Waals surface area contributed by atoms with Crippen LogP contribution in [0.15, 0.2) is 24.4 Å². The molecule has 2 N–H and O–H groups in total.